The summed E-state index contributed by atoms with van der Waals surface area (Å²) >= 11 is 0. The van der Waals surface area contributed by atoms with Crippen LogP contribution in [-0.4, -0.2) is 50.9 Å². The lowest BCUT2D eigenvalue weighted by molar-refractivity contribution is -0.172. The third-order valence-electron chi connectivity index (χ3n) is 6.78. The van der Waals surface area contributed by atoms with Crippen LogP contribution in [0.4, 0.5) is 0 Å². The molecular formula is C33H44O8. The molecule has 0 unspecified atom stereocenters. The second kappa shape index (κ2) is 13.3. The molecular weight excluding hydrogens is 524 g/mol. The van der Waals surface area contributed by atoms with Gasteiger partial charge >= 0.3 is 11.9 Å². The second-order valence-electron chi connectivity index (χ2n) is 12.1. The highest BCUT2D eigenvalue weighted by Crippen LogP contribution is 2.38. The number of esters is 2. The van der Waals surface area contributed by atoms with Gasteiger partial charge in [-0.25, -0.2) is 0 Å². The number of ketones is 2. The van der Waals surface area contributed by atoms with Crippen molar-refractivity contribution < 1.29 is 38.1 Å². The lowest BCUT2D eigenvalue weighted by atomic mass is 9.75. The Morgan fingerprint density at radius 2 is 0.951 bits per heavy atom. The second-order valence-corrected chi connectivity index (χ2v) is 12.1. The van der Waals surface area contributed by atoms with Gasteiger partial charge in [0, 0.05) is 34.8 Å². The minimum absolute atomic E-state index is 0.0479. The van der Waals surface area contributed by atoms with Crippen molar-refractivity contribution in [2.75, 3.05) is 27.4 Å². The molecule has 41 heavy (non-hydrogen) atoms. The van der Waals surface area contributed by atoms with Crippen LogP contribution >= 0.6 is 0 Å². The summed E-state index contributed by atoms with van der Waals surface area (Å²) in [7, 11) is 2.93. The van der Waals surface area contributed by atoms with Crippen molar-refractivity contribution in [3.63, 3.8) is 0 Å². The largest absolute Gasteiger partial charge is 0.496 e. The van der Waals surface area contributed by atoms with Crippen LogP contribution in [0.1, 0.15) is 87.2 Å². The standard InChI is InChI=1S/C33H44O8/c1-11-40-29(36)33(30(37)41-12-2,19-23-15-13-21(17-25(23)38-9)27(34)31(3,4)5)20-24-16-14-22(18-26(24)39-10)28(35)32(6,7)8/h13-18H,11-12,19-20H2,1-10H3. The van der Waals surface area contributed by atoms with E-state index >= 15 is 0 Å². The van der Waals surface area contributed by atoms with Crippen molar-refractivity contribution in [3.05, 3.63) is 58.7 Å². The van der Waals surface area contributed by atoms with Crippen molar-refractivity contribution in [2.24, 2.45) is 16.2 Å². The van der Waals surface area contributed by atoms with E-state index in [4.69, 9.17) is 18.9 Å². The molecule has 0 saturated carbocycles. The van der Waals surface area contributed by atoms with Gasteiger partial charge in [-0.1, -0.05) is 65.8 Å². The Morgan fingerprint density at radius 3 is 1.22 bits per heavy atom. The van der Waals surface area contributed by atoms with Gasteiger partial charge in [0.2, 0.25) is 0 Å². The fourth-order valence-corrected chi connectivity index (χ4v) is 4.55. The van der Waals surface area contributed by atoms with Gasteiger partial charge in [-0.2, -0.15) is 0 Å². The highest BCUT2D eigenvalue weighted by Gasteiger charge is 2.50. The van der Waals surface area contributed by atoms with Gasteiger partial charge in [-0.3, -0.25) is 19.2 Å². The van der Waals surface area contributed by atoms with Gasteiger partial charge in [0.1, 0.15) is 11.5 Å². The van der Waals surface area contributed by atoms with Gasteiger partial charge in [0.05, 0.1) is 27.4 Å². The topological polar surface area (TPSA) is 105 Å². The van der Waals surface area contributed by atoms with Gasteiger partial charge < -0.3 is 18.9 Å². The number of benzene rings is 2. The average Bonchev–Trinajstić information content (AvgIpc) is 2.91. The van der Waals surface area contributed by atoms with Crippen LogP contribution in [0.3, 0.4) is 0 Å². The molecule has 0 saturated heterocycles. The maximum absolute atomic E-state index is 13.7. The predicted molar refractivity (Wildman–Crippen MR) is 157 cm³/mol. The number of carbonyl (C=O) groups is 4. The monoisotopic (exact) mass is 568 g/mol. The van der Waals surface area contributed by atoms with E-state index in [1.165, 1.54) is 14.2 Å². The molecule has 0 bridgehead atoms. The molecule has 0 aromatic heterocycles. The molecule has 0 heterocycles. The smallest absolute Gasteiger partial charge is 0.324 e. The molecule has 0 aliphatic rings. The molecule has 8 heteroatoms. The van der Waals surface area contributed by atoms with Crippen LogP contribution in [0.2, 0.25) is 0 Å². The van der Waals surface area contributed by atoms with E-state index in [1.807, 2.05) is 41.5 Å². The summed E-state index contributed by atoms with van der Waals surface area (Å²) in [4.78, 5) is 53.2. The molecule has 0 aliphatic heterocycles. The first-order chi connectivity index (χ1) is 19.0. The zero-order chi connectivity index (χ0) is 31.2. The minimum atomic E-state index is -1.81. The van der Waals surface area contributed by atoms with Crippen molar-refractivity contribution >= 4 is 23.5 Å². The van der Waals surface area contributed by atoms with E-state index in [1.54, 1.807) is 50.2 Å². The van der Waals surface area contributed by atoms with Crippen LogP contribution < -0.4 is 9.47 Å². The molecule has 0 atom stereocenters. The fourth-order valence-electron chi connectivity index (χ4n) is 4.55. The molecule has 224 valence electrons. The Labute approximate surface area is 243 Å². The Hall–Kier alpha value is -3.68. The number of methoxy groups -OCH3 is 2. The van der Waals surface area contributed by atoms with E-state index in [0.29, 0.717) is 33.8 Å². The Bertz CT molecular complexity index is 1180. The van der Waals surface area contributed by atoms with E-state index in [-0.39, 0.29) is 37.6 Å². The van der Waals surface area contributed by atoms with Crippen LogP contribution in [0.15, 0.2) is 36.4 Å². The molecule has 0 N–H and O–H groups in total. The normalized spacial score (nSPS) is 12.0. The SMILES string of the molecule is CCOC(=O)C(Cc1ccc(C(=O)C(C)(C)C)cc1OC)(Cc1ccc(C(=O)C(C)(C)C)cc1OC)C(=O)OCC. The van der Waals surface area contributed by atoms with Crippen molar-refractivity contribution in [3.8, 4) is 11.5 Å². The molecule has 0 aliphatic carbocycles. The van der Waals surface area contributed by atoms with E-state index in [2.05, 4.69) is 0 Å². The highest BCUT2D eigenvalue weighted by molar-refractivity contribution is 6.02. The number of hydrogen-bond donors (Lipinski definition) is 0. The number of ether oxygens (including phenoxy) is 4. The van der Waals surface area contributed by atoms with Crippen LogP contribution in [0.5, 0.6) is 11.5 Å². The van der Waals surface area contributed by atoms with E-state index < -0.39 is 28.2 Å². The quantitative estimate of drug-likeness (QED) is 0.173. The minimum Gasteiger partial charge on any atom is -0.496 e. The molecule has 2 aromatic rings. The average molecular weight is 569 g/mol. The predicted octanol–water partition coefficient (Wildman–Crippen LogP) is 6.06. The van der Waals surface area contributed by atoms with E-state index in [9.17, 15) is 19.2 Å². The number of Topliss-reactive ketones (excluding diaryl/α,β-unsaturated/α-hetero) is 2. The summed E-state index contributed by atoms with van der Waals surface area (Å²) in [6.45, 7) is 14.4. The van der Waals surface area contributed by atoms with Gasteiger partial charge in [0.25, 0.3) is 0 Å². The molecule has 2 rings (SSSR count). The molecule has 0 spiro atoms. The summed E-state index contributed by atoms with van der Waals surface area (Å²) in [5.41, 5.74) is -1.06. The maximum Gasteiger partial charge on any atom is 0.324 e. The first kappa shape index (κ1) is 33.5. The molecule has 0 fully saturated rings. The third-order valence-corrected chi connectivity index (χ3v) is 6.78. The lowest BCUT2D eigenvalue weighted by Gasteiger charge is -2.31. The summed E-state index contributed by atoms with van der Waals surface area (Å²) in [5.74, 6) is -0.940. The van der Waals surface area contributed by atoms with Crippen molar-refractivity contribution in [2.45, 2.75) is 68.2 Å². The van der Waals surface area contributed by atoms with E-state index in [0.717, 1.165) is 0 Å². The van der Waals surface area contributed by atoms with Gasteiger partial charge in [-0.15, -0.1) is 0 Å². The highest BCUT2D eigenvalue weighted by atomic mass is 16.6. The summed E-state index contributed by atoms with van der Waals surface area (Å²) in [6, 6.07) is 9.95. The Balaban J connectivity index is 2.73. The summed E-state index contributed by atoms with van der Waals surface area (Å²) in [6.07, 6.45) is -0.243. The molecule has 2 aromatic carbocycles. The molecule has 0 amide bonds. The van der Waals surface area contributed by atoms with Gasteiger partial charge in [0.15, 0.2) is 17.0 Å². The zero-order valence-corrected chi connectivity index (χ0v) is 26.1. The number of rotatable bonds is 12. The lowest BCUT2D eigenvalue weighted by Crippen LogP contribution is -2.46. The zero-order valence-electron chi connectivity index (χ0n) is 26.1. The molecule has 8 nitrogen and oxygen atoms in total. The summed E-state index contributed by atoms with van der Waals surface area (Å²) in [5, 5.41) is 0. The fraction of sp³-hybridized carbons (Fsp3) is 0.515. The third kappa shape index (κ3) is 7.75. The van der Waals surface area contributed by atoms with Crippen molar-refractivity contribution in [1.82, 2.24) is 0 Å². The van der Waals surface area contributed by atoms with Crippen LogP contribution in [0.25, 0.3) is 0 Å². The number of hydrogen-bond acceptors (Lipinski definition) is 8. The Kier molecular flexibility index (Phi) is 10.9. The summed E-state index contributed by atoms with van der Waals surface area (Å²) < 4.78 is 22.1. The van der Waals surface area contributed by atoms with Crippen LogP contribution in [-0.2, 0) is 31.9 Å². The molecule has 0 radical (unpaired) electrons. The van der Waals surface area contributed by atoms with Gasteiger partial charge in [-0.05, 0) is 37.1 Å². The first-order valence-corrected chi connectivity index (χ1v) is 13.8. The maximum atomic E-state index is 13.7. The van der Waals surface area contributed by atoms with Crippen LogP contribution in [0, 0.1) is 16.2 Å². The number of carbonyl (C=O) groups excluding carboxylic acids is 4. The Morgan fingerprint density at radius 1 is 0.610 bits per heavy atom. The first-order valence-electron chi connectivity index (χ1n) is 13.8. The van der Waals surface area contributed by atoms with Crippen molar-refractivity contribution in [1.29, 1.82) is 0 Å².